The average molecular weight is 246 g/mol. The molecular weight excluding hydrogens is 228 g/mol. The Balaban J connectivity index is 2.20. The van der Waals surface area contributed by atoms with Crippen LogP contribution in [-0.2, 0) is 4.79 Å². The van der Waals surface area contributed by atoms with Crippen LogP contribution in [-0.4, -0.2) is 16.9 Å². The summed E-state index contributed by atoms with van der Waals surface area (Å²) in [6.45, 7) is 4.25. The lowest BCUT2D eigenvalue weighted by Gasteiger charge is -2.11. The van der Waals surface area contributed by atoms with E-state index in [1.54, 1.807) is 12.1 Å². The Morgan fingerprint density at radius 3 is 2.22 bits per heavy atom. The van der Waals surface area contributed by atoms with Crippen LogP contribution in [0.5, 0.6) is 0 Å². The number of carbonyl (C=O) groups excluding carboxylic acids is 1. The van der Waals surface area contributed by atoms with Crippen LogP contribution in [0.1, 0.15) is 54.9 Å². The molecule has 1 aliphatic carbocycles. The first-order valence-electron chi connectivity index (χ1n) is 6.39. The summed E-state index contributed by atoms with van der Waals surface area (Å²) in [5.74, 6) is -0.771. The smallest absolute Gasteiger partial charge is 0.317 e. The van der Waals surface area contributed by atoms with E-state index in [2.05, 4.69) is 13.8 Å². The largest absolute Gasteiger partial charge is 0.480 e. The maximum absolute atomic E-state index is 12.1. The van der Waals surface area contributed by atoms with Gasteiger partial charge in [0.2, 0.25) is 0 Å². The third kappa shape index (κ3) is 2.05. The number of hydrogen-bond donors (Lipinski definition) is 1. The lowest BCUT2D eigenvalue weighted by molar-refractivity contribution is -0.141. The van der Waals surface area contributed by atoms with Crippen molar-refractivity contribution in [1.29, 1.82) is 0 Å². The van der Waals surface area contributed by atoms with Crippen molar-refractivity contribution >= 4 is 11.8 Å². The van der Waals surface area contributed by atoms with Gasteiger partial charge in [0.25, 0.3) is 0 Å². The quantitative estimate of drug-likeness (QED) is 0.641. The average Bonchev–Trinajstić information content (AvgIpc) is 3.18. The molecule has 1 fully saturated rings. The minimum atomic E-state index is -1.13. The Kier molecular flexibility index (Phi) is 3.24. The SMILES string of the molecule is CCC(C)c1ccc(C(=O)C2(C(=O)O)CC2)cc1. The van der Waals surface area contributed by atoms with Crippen LogP contribution < -0.4 is 0 Å². The molecule has 1 saturated carbocycles. The maximum Gasteiger partial charge on any atom is 0.317 e. The zero-order valence-electron chi connectivity index (χ0n) is 10.8. The highest BCUT2D eigenvalue weighted by Crippen LogP contribution is 2.48. The summed E-state index contributed by atoms with van der Waals surface area (Å²) in [6.07, 6.45) is 1.98. The summed E-state index contributed by atoms with van der Waals surface area (Å²) >= 11 is 0. The molecular formula is C15H18O3. The van der Waals surface area contributed by atoms with Crippen LogP contribution in [0.4, 0.5) is 0 Å². The minimum absolute atomic E-state index is 0.245. The number of ketones is 1. The van der Waals surface area contributed by atoms with Crippen molar-refractivity contribution in [2.24, 2.45) is 5.41 Å². The highest BCUT2D eigenvalue weighted by Gasteiger charge is 2.56. The van der Waals surface area contributed by atoms with E-state index < -0.39 is 11.4 Å². The summed E-state index contributed by atoms with van der Waals surface area (Å²) in [5, 5.41) is 9.10. The molecule has 0 saturated heterocycles. The number of hydrogen-bond acceptors (Lipinski definition) is 2. The van der Waals surface area contributed by atoms with Crippen LogP contribution in [0.3, 0.4) is 0 Å². The van der Waals surface area contributed by atoms with E-state index in [1.165, 1.54) is 5.56 Å². The van der Waals surface area contributed by atoms with Gasteiger partial charge in [-0.05, 0) is 30.7 Å². The molecule has 1 unspecified atom stereocenters. The maximum atomic E-state index is 12.1. The molecule has 0 heterocycles. The van der Waals surface area contributed by atoms with E-state index >= 15 is 0 Å². The van der Waals surface area contributed by atoms with Gasteiger partial charge in [0.1, 0.15) is 5.41 Å². The fourth-order valence-electron chi connectivity index (χ4n) is 2.14. The van der Waals surface area contributed by atoms with Gasteiger partial charge in [-0.15, -0.1) is 0 Å². The predicted molar refractivity (Wildman–Crippen MR) is 68.8 cm³/mol. The summed E-state index contributed by atoms with van der Waals surface area (Å²) < 4.78 is 0. The van der Waals surface area contributed by atoms with Gasteiger partial charge >= 0.3 is 5.97 Å². The van der Waals surface area contributed by atoms with Gasteiger partial charge in [-0.1, -0.05) is 38.1 Å². The molecule has 18 heavy (non-hydrogen) atoms. The summed E-state index contributed by atoms with van der Waals surface area (Å²) in [7, 11) is 0. The summed E-state index contributed by atoms with van der Waals surface area (Å²) in [5.41, 5.74) is 0.578. The Hall–Kier alpha value is -1.64. The van der Waals surface area contributed by atoms with Crippen molar-refractivity contribution < 1.29 is 14.7 Å². The fourth-order valence-corrected chi connectivity index (χ4v) is 2.14. The first-order valence-corrected chi connectivity index (χ1v) is 6.39. The molecule has 0 bridgehead atoms. The van der Waals surface area contributed by atoms with Gasteiger partial charge in [0.15, 0.2) is 5.78 Å². The van der Waals surface area contributed by atoms with Gasteiger partial charge < -0.3 is 5.11 Å². The normalized spacial score (nSPS) is 18.1. The first kappa shape index (κ1) is 12.8. The number of carbonyl (C=O) groups is 2. The Morgan fingerprint density at radius 1 is 1.28 bits per heavy atom. The molecule has 0 spiro atoms. The van der Waals surface area contributed by atoms with Crippen molar-refractivity contribution in [3.63, 3.8) is 0 Å². The summed E-state index contributed by atoms with van der Waals surface area (Å²) in [4.78, 5) is 23.2. The van der Waals surface area contributed by atoms with E-state index in [4.69, 9.17) is 5.11 Å². The van der Waals surface area contributed by atoms with Crippen LogP contribution in [0.2, 0.25) is 0 Å². The second-order valence-electron chi connectivity index (χ2n) is 5.15. The topological polar surface area (TPSA) is 54.4 Å². The molecule has 1 aliphatic rings. The van der Waals surface area contributed by atoms with Crippen molar-refractivity contribution in [2.75, 3.05) is 0 Å². The van der Waals surface area contributed by atoms with Gasteiger partial charge in [-0.2, -0.15) is 0 Å². The zero-order chi connectivity index (χ0) is 13.3. The second-order valence-corrected chi connectivity index (χ2v) is 5.15. The highest BCUT2D eigenvalue weighted by atomic mass is 16.4. The van der Waals surface area contributed by atoms with Gasteiger partial charge in [-0.25, -0.2) is 0 Å². The molecule has 1 N–H and O–H groups in total. The Morgan fingerprint density at radius 2 is 1.83 bits per heavy atom. The van der Waals surface area contributed by atoms with E-state index in [-0.39, 0.29) is 5.78 Å². The molecule has 0 aromatic heterocycles. The van der Waals surface area contributed by atoms with Gasteiger partial charge in [0.05, 0.1) is 0 Å². The predicted octanol–water partition coefficient (Wildman–Crippen LogP) is 3.25. The van der Waals surface area contributed by atoms with Crippen molar-refractivity contribution in [1.82, 2.24) is 0 Å². The van der Waals surface area contributed by atoms with Crippen LogP contribution >= 0.6 is 0 Å². The monoisotopic (exact) mass is 246 g/mol. The molecule has 0 amide bonds. The highest BCUT2D eigenvalue weighted by molar-refractivity contribution is 6.14. The third-order valence-electron chi connectivity index (χ3n) is 3.95. The van der Waals surface area contributed by atoms with Gasteiger partial charge in [0, 0.05) is 5.56 Å². The molecule has 3 heteroatoms. The standard InChI is InChI=1S/C15H18O3/c1-3-10(2)11-4-6-12(7-5-11)13(16)15(8-9-15)14(17)18/h4-7,10H,3,8-9H2,1-2H3,(H,17,18). The Labute approximate surface area is 107 Å². The van der Waals surface area contributed by atoms with E-state index in [9.17, 15) is 9.59 Å². The number of carboxylic acids is 1. The molecule has 3 nitrogen and oxygen atoms in total. The fraction of sp³-hybridized carbons (Fsp3) is 0.467. The number of Topliss-reactive ketones (excluding diaryl/α,β-unsaturated/α-hetero) is 1. The molecule has 0 aliphatic heterocycles. The second kappa shape index (κ2) is 4.56. The zero-order valence-corrected chi connectivity index (χ0v) is 10.8. The number of aliphatic carboxylic acids is 1. The molecule has 2 rings (SSSR count). The molecule has 96 valence electrons. The number of carboxylic acid groups (broad SMARTS) is 1. The van der Waals surface area contributed by atoms with Crippen LogP contribution in [0.15, 0.2) is 24.3 Å². The first-order chi connectivity index (χ1) is 8.51. The van der Waals surface area contributed by atoms with E-state index in [0.717, 1.165) is 6.42 Å². The lowest BCUT2D eigenvalue weighted by Crippen LogP contribution is -2.25. The van der Waals surface area contributed by atoms with E-state index in [1.807, 2.05) is 12.1 Å². The van der Waals surface area contributed by atoms with Gasteiger partial charge in [-0.3, -0.25) is 9.59 Å². The molecule has 1 aromatic rings. The minimum Gasteiger partial charge on any atom is -0.480 e. The third-order valence-corrected chi connectivity index (χ3v) is 3.95. The molecule has 1 atom stereocenters. The number of benzene rings is 1. The van der Waals surface area contributed by atoms with E-state index in [0.29, 0.717) is 24.3 Å². The molecule has 0 radical (unpaired) electrons. The Bertz CT molecular complexity index is 469. The van der Waals surface area contributed by atoms with Crippen LogP contribution in [0, 0.1) is 5.41 Å². The summed E-state index contributed by atoms with van der Waals surface area (Å²) in [6, 6.07) is 7.37. The van der Waals surface area contributed by atoms with Crippen molar-refractivity contribution in [2.45, 2.75) is 39.0 Å². The van der Waals surface area contributed by atoms with Crippen molar-refractivity contribution in [3.8, 4) is 0 Å². The van der Waals surface area contributed by atoms with Crippen molar-refractivity contribution in [3.05, 3.63) is 35.4 Å². The van der Waals surface area contributed by atoms with Crippen LogP contribution in [0.25, 0.3) is 0 Å². The number of rotatable bonds is 5. The lowest BCUT2D eigenvalue weighted by atomic mass is 9.92. The molecule has 1 aromatic carbocycles.